The van der Waals surface area contributed by atoms with Gasteiger partial charge in [-0.3, -0.25) is 9.59 Å². The second-order valence-corrected chi connectivity index (χ2v) is 10.6. The first-order chi connectivity index (χ1) is 18.5. The number of fused-ring (bicyclic) bond motifs is 4. The number of benzene rings is 4. The van der Waals surface area contributed by atoms with Gasteiger partial charge in [-0.15, -0.1) is 0 Å². The molecule has 2 aliphatic carbocycles. The molecule has 0 fully saturated rings. The predicted octanol–water partition coefficient (Wildman–Crippen LogP) is 7.79. The smallest absolute Gasteiger partial charge is 0.174 e. The molecule has 3 unspecified atom stereocenters. The quantitative estimate of drug-likeness (QED) is 0.291. The summed E-state index contributed by atoms with van der Waals surface area (Å²) >= 11 is 0. The molecule has 3 atom stereocenters. The van der Waals surface area contributed by atoms with Crippen molar-refractivity contribution in [3.8, 4) is 0 Å². The van der Waals surface area contributed by atoms with Gasteiger partial charge in [-0.05, 0) is 52.3 Å². The van der Waals surface area contributed by atoms with Crippen molar-refractivity contribution < 1.29 is 9.59 Å². The van der Waals surface area contributed by atoms with Gasteiger partial charge in [0.05, 0.1) is 5.41 Å². The molecule has 2 heteroatoms. The summed E-state index contributed by atoms with van der Waals surface area (Å²) in [5.74, 6) is -0.516. The second kappa shape index (κ2) is 9.54. The second-order valence-electron chi connectivity index (χ2n) is 10.6. The van der Waals surface area contributed by atoms with Crippen LogP contribution in [0, 0.1) is 11.8 Å². The van der Waals surface area contributed by atoms with Crippen molar-refractivity contribution in [3.63, 3.8) is 0 Å². The fourth-order valence-corrected chi connectivity index (χ4v) is 6.31. The maximum Gasteiger partial charge on any atom is 0.174 e. The Balaban J connectivity index is 1.69. The summed E-state index contributed by atoms with van der Waals surface area (Å²) in [7, 11) is 0. The summed E-state index contributed by atoms with van der Waals surface area (Å²) in [4.78, 5) is 29.2. The van der Waals surface area contributed by atoms with Gasteiger partial charge in [0.15, 0.2) is 5.78 Å². The van der Waals surface area contributed by atoms with Gasteiger partial charge >= 0.3 is 0 Å². The molecule has 0 saturated carbocycles. The number of rotatable bonds is 3. The lowest BCUT2D eigenvalue weighted by Gasteiger charge is -2.40. The zero-order valence-electron chi connectivity index (χ0n) is 21.7. The molecule has 4 aromatic rings. The molecule has 0 aliphatic heterocycles. The van der Waals surface area contributed by atoms with Crippen LogP contribution in [0.25, 0.3) is 16.7 Å². The molecule has 2 nitrogen and oxygen atoms in total. The van der Waals surface area contributed by atoms with Gasteiger partial charge in [0.1, 0.15) is 5.78 Å². The van der Waals surface area contributed by atoms with E-state index >= 15 is 0 Å². The standard InChI is InChI=1S/C36H30O2/c1-24-22-29(25-14-6-3-7-15-25)28-20-12-13-21-31(28)36(2)23-30(34(24)37)32(26-16-8-4-9-17-26)33(35(36)38)27-18-10-5-11-19-27/h3-22,24,30H,23H2,1-2H3/b29-22-. The highest BCUT2D eigenvalue weighted by Gasteiger charge is 2.50. The monoisotopic (exact) mass is 494 g/mol. The molecule has 2 aliphatic rings. The van der Waals surface area contributed by atoms with Crippen molar-refractivity contribution in [1.29, 1.82) is 0 Å². The molecule has 4 aromatic carbocycles. The van der Waals surface area contributed by atoms with Crippen LogP contribution in [0.4, 0.5) is 0 Å². The summed E-state index contributed by atoms with van der Waals surface area (Å²) in [5, 5.41) is 0. The maximum atomic E-state index is 14.8. The van der Waals surface area contributed by atoms with E-state index in [9.17, 15) is 9.59 Å². The lowest BCUT2D eigenvalue weighted by molar-refractivity contribution is -0.125. The van der Waals surface area contributed by atoms with E-state index in [4.69, 9.17) is 0 Å². The van der Waals surface area contributed by atoms with Crippen LogP contribution in [0.5, 0.6) is 0 Å². The van der Waals surface area contributed by atoms with Crippen LogP contribution >= 0.6 is 0 Å². The molecule has 0 radical (unpaired) electrons. The van der Waals surface area contributed by atoms with E-state index in [2.05, 4.69) is 30.3 Å². The number of carbonyl (C=O) groups excluding carboxylic acids is 2. The lowest BCUT2D eigenvalue weighted by Crippen LogP contribution is -2.43. The topological polar surface area (TPSA) is 34.1 Å². The Labute approximate surface area is 224 Å². The summed E-state index contributed by atoms with van der Waals surface area (Å²) in [6, 6.07) is 38.3. The average Bonchev–Trinajstić information content (AvgIpc) is 3.00. The zero-order chi connectivity index (χ0) is 26.3. The molecule has 0 aromatic heterocycles. The fraction of sp³-hybridized carbons (Fsp3) is 0.167. The normalized spacial score (nSPS) is 24.5. The van der Waals surface area contributed by atoms with Crippen molar-refractivity contribution >= 4 is 28.3 Å². The van der Waals surface area contributed by atoms with Gasteiger partial charge in [0.2, 0.25) is 0 Å². The van der Waals surface area contributed by atoms with Crippen molar-refractivity contribution in [2.75, 3.05) is 0 Å². The Hall–Kier alpha value is -4.30. The third-order valence-electron chi connectivity index (χ3n) is 8.21. The van der Waals surface area contributed by atoms with Crippen LogP contribution in [0.15, 0.2) is 121 Å². The van der Waals surface area contributed by atoms with Crippen molar-refractivity contribution in [2.24, 2.45) is 11.8 Å². The molecular formula is C36H30O2. The van der Waals surface area contributed by atoms with Gasteiger partial charge in [0, 0.05) is 17.4 Å². The Bertz CT molecular complexity index is 1580. The SMILES string of the molecule is CC1/C=C(/c2ccccc2)c2ccccc2C2(C)CC(C1=O)C(c1ccccc1)=C(c1ccccc1)C2=O. The van der Waals surface area contributed by atoms with E-state index in [1.807, 2.05) is 105 Å². The van der Waals surface area contributed by atoms with Crippen molar-refractivity contribution in [3.05, 3.63) is 149 Å². The molecule has 0 N–H and O–H groups in total. The minimum Gasteiger partial charge on any atom is -0.298 e. The van der Waals surface area contributed by atoms with E-state index in [0.717, 1.165) is 39.0 Å². The molecule has 38 heavy (non-hydrogen) atoms. The van der Waals surface area contributed by atoms with E-state index in [0.29, 0.717) is 12.0 Å². The van der Waals surface area contributed by atoms with Crippen LogP contribution in [0.2, 0.25) is 0 Å². The Morgan fingerprint density at radius 2 is 1.18 bits per heavy atom. The molecule has 0 amide bonds. The first kappa shape index (κ1) is 24.1. The van der Waals surface area contributed by atoms with Crippen molar-refractivity contribution in [1.82, 2.24) is 0 Å². The van der Waals surface area contributed by atoms with Gasteiger partial charge in [-0.1, -0.05) is 128 Å². The van der Waals surface area contributed by atoms with Gasteiger partial charge in [-0.25, -0.2) is 0 Å². The molecule has 186 valence electrons. The number of ketones is 2. The fourth-order valence-electron chi connectivity index (χ4n) is 6.31. The first-order valence-corrected chi connectivity index (χ1v) is 13.3. The molecule has 6 rings (SSSR count). The summed E-state index contributed by atoms with van der Waals surface area (Å²) in [6.45, 7) is 4.04. The van der Waals surface area contributed by atoms with E-state index in [1.54, 1.807) is 0 Å². The molecule has 0 heterocycles. The number of hydrogen-bond acceptors (Lipinski definition) is 2. The minimum atomic E-state index is -0.863. The van der Waals surface area contributed by atoms with Gasteiger partial charge in [-0.2, -0.15) is 0 Å². The highest BCUT2D eigenvalue weighted by Crippen LogP contribution is 2.52. The largest absolute Gasteiger partial charge is 0.298 e. The summed E-state index contributed by atoms with van der Waals surface area (Å²) in [5.41, 5.74) is 6.50. The number of hydrogen-bond donors (Lipinski definition) is 0. The Morgan fingerprint density at radius 3 is 1.82 bits per heavy atom. The Morgan fingerprint density at radius 1 is 0.658 bits per heavy atom. The zero-order valence-corrected chi connectivity index (χ0v) is 21.7. The van der Waals surface area contributed by atoms with Crippen LogP contribution in [0.3, 0.4) is 0 Å². The number of Topliss-reactive ketones (excluding diaryl/α,β-unsaturated/α-hetero) is 2. The third-order valence-corrected chi connectivity index (χ3v) is 8.21. The predicted molar refractivity (Wildman–Crippen MR) is 154 cm³/mol. The highest BCUT2D eigenvalue weighted by molar-refractivity contribution is 6.34. The summed E-state index contributed by atoms with van der Waals surface area (Å²) in [6.07, 6.45) is 2.55. The molecule has 2 bridgehead atoms. The van der Waals surface area contributed by atoms with Crippen LogP contribution in [0.1, 0.15) is 48.1 Å². The third kappa shape index (κ3) is 3.88. The van der Waals surface area contributed by atoms with Crippen molar-refractivity contribution in [2.45, 2.75) is 25.7 Å². The van der Waals surface area contributed by atoms with E-state index in [1.165, 1.54) is 0 Å². The van der Waals surface area contributed by atoms with E-state index in [-0.39, 0.29) is 17.5 Å². The first-order valence-electron chi connectivity index (χ1n) is 13.3. The minimum absolute atomic E-state index is 0.0704. The van der Waals surface area contributed by atoms with Gasteiger partial charge in [0.25, 0.3) is 0 Å². The number of carbonyl (C=O) groups is 2. The highest BCUT2D eigenvalue weighted by atomic mass is 16.1. The summed E-state index contributed by atoms with van der Waals surface area (Å²) < 4.78 is 0. The molecule has 0 saturated heterocycles. The van der Waals surface area contributed by atoms with Crippen LogP contribution < -0.4 is 0 Å². The van der Waals surface area contributed by atoms with E-state index < -0.39 is 11.3 Å². The molecule has 0 spiro atoms. The van der Waals surface area contributed by atoms with Gasteiger partial charge < -0.3 is 0 Å². The lowest BCUT2D eigenvalue weighted by atomic mass is 9.60. The Kier molecular flexibility index (Phi) is 6.04. The van der Waals surface area contributed by atoms with Crippen LogP contribution in [-0.4, -0.2) is 11.6 Å². The maximum absolute atomic E-state index is 14.8. The average molecular weight is 495 g/mol. The molecular weight excluding hydrogens is 464 g/mol. The number of allylic oxidation sites excluding steroid dienone is 3. The van der Waals surface area contributed by atoms with Crippen LogP contribution in [-0.2, 0) is 15.0 Å².